The van der Waals surface area contributed by atoms with Gasteiger partial charge in [0, 0.05) is 18.7 Å². The predicted molar refractivity (Wildman–Crippen MR) is 105 cm³/mol. The number of aromatic nitrogens is 3. The van der Waals surface area contributed by atoms with Gasteiger partial charge in [-0.05, 0) is 18.4 Å². The van der Waals surface area contributed by atoms with Crippen LogP contribution >= 0.6 is 0 Å². The first kappa shape index (κ1) is 17.5. The molecule has 0 radical (unpaired) electrons. The Hall–Kier alpha value is -2.95. The number of carbonyl (C=O) groups excluding carboxylic acids is 1. The van der Waals surface area contributed by atoms with Crippen molar-refractivity contribution in [1.29, 1.82) is 0 Å². The van der Waals surface area contributed by atoms with Gasteiger partial charge in [0.25, 0.3) is 0 Å². The highest BCUT2D eigenvalue weighted by Gasteiger charge is 2.32. The van der Waals surface area contributed by atoms with Crippen molar-refractivity contribution >= 4 is 5.91 Å². The zero-order chi connectivity index (χ0) is 18.6. The first-order chi connectivity index (χ1) is 13.3. The fourth-order valence-electron chi connectivity index (χ4n) is 3.81. The molecule has 0 spiro atoms. The summed E-state index contributed by atoms with van der Waals surface area (Å²) in [5.74, 6) is 0.148. The van der Waals surface area contributed by atoms with Crippen molar-refractivity contribution in [3.63, 3.8) is 0 Å². The summed E-state index contributed by atoms with van der Waals surface area (Å²) in [7, 11) is 0. The first-order valence-electron chi connectivity index (χ1n) is 9.57. The smallest absolute Gasteiger partial charge is 0.230 e. The van der Waals surface area contributed by atoms with Crippen LogP contribution < -0.4 is 0 Å². The van der Waals surface area contributed by atoms with Crippen LogP contribution in [0.4, 0.5) is 0 Å². The SMILES string of the molecule is CCC(C(=O)N1CCC(n2cc(-c3ccccc3)nn2)C1)c1ccccc1. The molecule has 0 N–H and O–H groups in total. The standard InChI is InChI=1S/C22H24N4O/c1-2-20(17-9-5-3-6-10-17)22(27)25-14-13-19(15-25)26-16-21(23-24-26)18-11-7-4-8-12-18/h3-12,16,19-20H,2,13-15H2,1H3. The molecule has 1 saturated heterocycles. The monoisotopic (exact) mass is 360 g/mol. The number of benzene rings is 2. The van der Waals surface area contributed by atoms with Crippen LogP contribution in [0.2, 0.25) is 0 Å². The Kier molecular flexibility index (Phi) is 5.01. The van der Waals surface area contributed by atoms with Crippen molar-refractivity contribution in [3.8, 4) is 11.3 Å². The van der Waals surface area contributed by atoms with E-state index in [2.05, 4.69) is 17.2 Å². The summed E-state index contributed by atoms with van der Waals surface area (Å²) >= 11 is 0. The van der Waals surface area contributed by atoms with Gasteiger partial charge in [-0.15, -0.1) is 5.10 Å². The second-order valence-corrected chi connectivity index (χ2v) is 7.05. The van der Waals surface area contributed by atoms with Gasteiger partial charge in [0.15, 0.2) is 0 Å². The topological polar surface area (TPSA) is 51.0 Å². The molecule has 1 aliphatic heterocycles. The van der Waals surface area contributed by atoms with Crippen molar-refractivity contribution in [2.24, 2.45) is 0 Å². The van der Waals surface area contributed by atoms with Crippen LogP contribution in [0.5, 0.6) is 0 Å². The average molecular weight is 360 g/mol. The lowest BCUT2D eigenvalue weighted by Gasteiger charge is -2.23. The summed E-state index contributed by atoms with van der Waals surface area (Å²) < 4.78 is 1.92. The fourth-order valence-corrected chi connectivity index (χ4v) is 3.81. The van der Waals surface area contributed by atoms with Crippen LogP contribution in [0.25, 0.3) is 11.3 Å². The molecule has 138 valence electrons. The van der Waals surface area contributed by atoms with Gasteiger partial charge >= 0.3 is 0 Å². The highest BCUT2D eigenvalue weighted by atomic mass is 16.2. The molecule has 4 rings (SSSR count). The van der Waals surface area contributed by atoms with E-state index in [1.54, 1.807) is 0 Å². The molecular weight excluding hydrogens is 336 g/mol. The van der Waals surface area contributed by atoms with E-state index in [4.69, 9.17) is 0 Å². The first-order valence-corrected chi connectivity index (χ1v) is 9.57. The number of rotatable bonds is 5. The molecule has 1 fully saturated rings. The van der Waals surface area contributed by atoms with Crippen molar-refractivity contribution in [3.05, 3.63) is 72.4 Å². The number of likely N-dealkylation sites (tertiary alicyclic amines) is 1. The highest BCUT2D eigenvalue weighted by molar-refractivity contribution is 5.84. The Morgan fingerprint density at radius 3 is 2.52 bits per heavy atom. The van der Waals surface area contributed by atoms with Crippen molar-refractivity contribution in [1.82, 2.24) is 19.9 Å². The predicted octanol–water partition coefficient (Wildman–Crippen LogP) is 3.91. The number of amides is 1. The molecule has 5 nitrogen and oxygen atoms in total. The van der Waals surface area contributed by atoms with Gasteiger partial charge in [-0.2, -0.15) is 0 Å². The molecule has 0 aliphatic carbocycles. The third-order valence-corrected chi connectivity index (χ3v) is 5.34. The van der Waals surface area contributed by atoms with E-state index >= 15 is 0 Å². The minimum absolute atomic E-state index is 0.0689. The zero-order valence-corrected chi connectivity index (χ0v) is 15.5. The molecule has 27 heavy (non-hydrogen) atoms. The maximum atomic E-state index is 13.1. The Morgan fingerprint density at radius 1 is 1.11 bits per heavy atom. The molecule has 2 atom stereocenters. The third-order valence-electron chi connectivity index (χ3n) is 5.34. The molecule has 2 unspecified atom stereocenters. The van der Waals surface area contributed by atoms with Gasteiger partial charge in [0.05, 0.1) is 18.2 Å². The second-order valence-electron chi connectivity index (χ2n) is 7.05. The summed E-state index contributed by atoms with van der Waals surface area (Å²) in [4.78, 5) is 15.0. The highest BCUT2D eigenvalue weighted by Crippen LogP contribution is 2.28. The van der Waals surface area contributed by atoms with Crippen LogP contribution in [0.3, 0.4) is 0 Å². The van der Waals surface area contributed by atoms with E-state index in [0.717, 1.165) is 36.2 Å². The van der Waals surface area contributed by atoms with Gasteiger partial charge in [0.1, 0.15) is 5.69 Å². The van der Waals surface area contributed by atoms with E-state index in [9.17, 15) is 4.79 Å². The van der Waals surface area contributed by atoms with Crippen molar-refractivity contribution < 1.29 is 4.79 Å². The number of hydrogen-bond acceptors (Lipinski definition) is 3. The third kappa shape index (κ3) is 3.63. The Bertz CT molecular complexity index is 891. The molecule has 1 amide bonds. The summed E-state index contributed by atoms with van der Waals surface area (Å²) in [6, 6.07) is 20.3. The Labute approximate surface area is 159 Å². The number of nitrogens with zero attached hydrogens (tertiary/aromatic N) is 4. The van der Waals surface area contributed by atoms with Gasteiger partial charge in [-0.1, -0.05) is 72.8 Å². The van der Waals surface area contributed by atoms with Gasteiger partial charge < -0.3 is 4.90 Å². The summed E-state index contributed by atoms with van der Waals surface area (Å²) in [6.07, 6.45) is 3.71. The van der Waals surface area contributed by atoms with Crippen molar-refractivity contribution in [2.75, 3.05) is 13.1 Å². The maximum Gasteiger partial charge on any atom is 0.230 e. The van der Waals surface area contributed by atoms with E-state index < -0.39 is 0 Å². The lowest BCUT2D eigenvalue weighted by atomic mass is 9.95. The van der Waals surface area contributed by atoms with Gasteiger partial charge in [-0.3, -0.25) is 4.79 Å². The lowest BCUT2D eigenvalue weighted by Crippen LogP contribution is -2.33. The van der Waals surface area contributed by atoms with Crippen molar-refractivity contribution in [2.45, 2.75) is 31.7 Å². The van der Waals surface area contributed by atoms with E-state index in [1.165, 1.54) is 0 Å². The van der Waals surface area contributed by atoms with E-state index in [-0.39, 0.29) is 17.9 Å². The molecule has 1 aliphatic rings. The molecule has 2 heterocycles. The number of carbonyl (C=O) groups is 1. The molecule has 5 heteroatoms. The Balaban J connectivity index is 1.46. The largest absolute Gasteiger partial charge is 0.340 e. The molecule has 1 aromatic heterocycles. The van der Waals surface area contributed by atoms with E-state index in [0.29, 0.717) is 6.54 Å². The zero-order valence-electron chi connectivity index (χ0n) is 15.5. The summed E-state index contributed by atoms with van der Waals surface area (Å²) in [5, 5.41) is 8.63. The van der Waals surface area contributed by atoms with Crippen LogP contribution in [-0.4, -0.2) is 38.9 Å². The van der Waals surface area contributed by atoms with Gasteiger partial charge in [-0.25, -0.2) is 4.68 Å². The molecule has 3 aromatic rings. The second kappa shape index (κ2) is 7.74. The van der Waals surface area contributed by atoms with Crippen LogP contribution in [-0.2, 0) is 4.79 Å². The van der Waals surface area contributed by atoms with Gasteiger partial charge in [0.2, 0.25) is 5.91 Å². The normalized spacial score (nSPS) is 17.8. The molecule has 0 saturated carbocycles. The maximum absolute atomic E-state index is 13.1. The molecular formula is C22H24N4O. The summed E-state index contributed by atoms with van der Waals surface area (Å²) in [5.41, 5.74) is 3.03. The summed E-state index contributed by atoms with van der Waals surface area (Å²) in [6.45, 7) is 3.54. The average Bonchev–Trinajstić information content (AvgIpc) is 3.40. The van der Waals surface area contributed by atoms with Crippen LogP contribution in [0, 0.1) is 0 Å². The van der Waals surface area contributed by atoms with Crippen LogP contribution in [0.15, 0.2) is 66.9 Å². The van der Waals surface area contributed by atoms with E-state index in [1.807, 2.05) is 76.4 Å². The minimum Gasteiger partial charge on any atom is -0.340 e. The molecule has 0 bridgehead atoms. The van der Waals surface area contributed by atoms with Crippen LogP contribution in [0.1, 0.15) is 37.3 Å². The molecule has 2 aromatic carbocycles. The number of hydrogen-bond donors (Lipinski definition) is 0. The lowest BCUT2D eigenvalue weighted by molar-refractivity contribution is -0.132. The fraction of sp³-hybridized carbons (Fsp3) is 0.318. The quantitative estimate of drug-likeness (QED) is 0.693. The minimum atomic E-state index is -0.0689. The Morgan fingerprint density at radius 2 is 1.81 bits per heavy atom.